The van der Waals surface area contributed by atoms with Gasteiger partial charge in [-0.15, -0.1) is 0 Å². The largest absolute Gasteiger partial charge is 0.497 e. The summed E-state index contributed by atoms with van der Waals surface area (Å²) < 4.78 is 10.4. The van der Waals surface area contributed by atoms with E-state index in [1.807, 2.05) is 24.3 Å². The first-order valence-corrected chi connectivity index (χ1v) is 8.16. The van der Waals surface area contributed by atoms with E-state index in [1.54, 1.807) is 7.11 Å². The topological polar surface area (TPSA) is 103 Å². The summed E-state index contributed by atoms with van der Waals surface area (Å²) in [5.41, 5.74) is 6.27. The maximum atomic E-state index is 11.7. The molecule has 1 aromatic heterocycles. The summed E-state index contributed by atoms with van der Waals surface area (Å²) in [6, 6.07) is 7.45. The highest BCUT2D eigenvalue weighted by molar-refractivity contribution is 5.75. The minimum Gasteiger partial charge on any atom is -0.497 e. The van der Waals surface area contributed by atoms with Crippen molar-refractivity contribution in [3.63, 3.8) is 0 Å². The first-order valence-electron chi connectivity index (χ1n) is 8.16. The van der Waals surface area contributed by atoms with Gasteiger partial charge in [-0.05, 0) is 50.1 Å². The van der Waals surface area contributed by atoms with Gasteiger partial charge in [-0.25, -0.2) is 0 Å². The quantitative estimate of drug-likeness (QED) is 0.644. The minimum atomic E-state index is 0.0434. The highest BCUT2D eigenvalue weighted by Gasteiger charge is 2.09. The number of carbonyl (C=O) groups excluding carboxylic acids is 1. The molecule has 130 valence electrons. The van der Waals surface area contributed by atoms with E-state index in [4.69, 9.17) is 15.0 Å². The van der Waals surface area contributed by atoms with Crippen LogP contribution in [0.25, 0.3) is 11.4 Å². The number of nitrogens with two attached hydrogens (primary N) is 1. The Hall–Kier alpha value is -2.41. The van der Waals surface area contributed by atoms with E-state index >= 15 is 0 Å². The fourth-order valence-electron chi connectivity index (χ4n) is 2.20. The fourth-order valence-corrected chi connectivity index (χ4v) is 2.20. The van der Waals surface area contributed by atoms with Crippen molar-refractivity contribution in [2.75, 3.05) is 20.2 Å². The van der Waals surface area contributed by atoms with Gasteiger partial charge in [0.25, 0.3) is 0 Å². The van der Waals surface area contributed by atoms with Gasteiger partial charge in [0.15, 0.2) is 0 Å². The Bertz CT molecular complexity index is 625. The second-order valence-corrected chi connectivity index (χ2v) is 5.44. The SMILES string of the molecule is COc1ccc(-c2noc(CCCC(=O)NCCCCN)n2)cc1. The zero-order valence-electron chi connectivity index (χ0n) is 14.0. The second kappa shape index (κ2) is 9.67. The number of methoxy groups -OCH3 is 1. The Morgan fingerprint density at radius 1 is 1.25 bits per heavy atom. The van der Waals surface area contributed by atoms with Gasteiger partial charge in [0.1, 0.15) is 5.75 Å². The molecular weight excluding hydrogens is 308 g/mol. The lowest BCUT2D eigenvalue weighted by Crippen LogP contribution is -2.24. The van der Waals surface area contributed by atoms with Gasteiger partial charge in [0.05, 0.1) is 7.11 Å². The second-order valence-electron chi connectivity index (χ2n) is 5.44. The average Bonchev–Trinajstić information content (AvgIpc) is 3.08. The predicted molar refractivity (Wildman–Crippen MR) is 90.5 cm³/mol. The number of carbonyl (C=O) groups is 1. The Labute approximate surface area is 141 Å². The number of amides is 1. The van der Waals surface area contributed by atoms with Gasteiger partial charge in [-0.2, -0.15) is 4.98 Å². The molecule has 0 bridgehead atoms. The number of nitrogens with zero attached hydrogens (tertiary/aromatic N) is 2. The maximum Gasteiger partial charge on any atom is 0.226 e. The van der Waals surface area contributed by atoms with Crippen LogP contribution in [0.1, 0.15) is 31.6 Å². The third-order valence-electron chi connectivity index (χ3n) is 3.56. The third-order valence-corrected chi connectivity index (χ3v) is 3.56. The van der Waals surface area contributed by atoms with Crippen LogP contribution in [0.2, 0.25) is 0 Å². The van der Waals surface area contributed by atoms with Crippen molar-refractivity contribution in [1.82, 2.24) is 15.5 Å². The molecule has 0 saturated heterocycles. The van der Waals surface area contributed by atoms with Crippen LogP contribution in [0.15, 0.2) is 28.8 Å². The van der Waals surface area contributed by atoms with Crippen LogP contribution in [0.3, 0.4) is 0 Å². The molecule has 24 heavy (non-hydrogen) atoms. The van der Waals surface area contributed by atoms with E-state index in [2.05, 4.69) is 15.5 Å². The van der Waals surface area contributed by atoms with Crippen molar-refractivity contribution < 1.29 is 14.1 Å². The molecule has 1 aromatic carbocycles. The van der Waals surface area contributed by atoms with E-state index in [-0.39, 0.29) is 5.91 Å². The fraction of sp³-hybridized carbons (Fsp3) is 0.471. The van der Waals surface area contributed by atoms with E-state index in [0.29, 0.717) is 44.1 Å². The van der Waals surface area contributed by atoms with Gasteiger partial charge < -0.3 is 20.3 Å². The molecule has 2 aromatic rings. The van der Waals surface area contributed by atoms with Crippen LogP contribution < -0.4 is 15.8 Å². The molecule has 1 amide bonds. The van der Waals surface area contributed by atoms with Crippen LogP contribution in [-0.4, -0.2) is 36.2 Å². The molecule has 0 atom stereocenters. The Kier molecular flexibility index (Phi) is 7.22. The molecule has 7 heteroatoms. The van der Waals surface area contributed by atoms with Gasteiger partial charge in [-0.1, -0.05) is 5.16 Å². The molecule has 0 aliphatic heterocycles. The molecule has 1 heterocycles. The van der Waals surface area contributed by atoms with Gasteiger partial charge >= 0.3 is 0 Å². The molecule has 0 spiro atoms. The molecular formula is C17H24N4O3. The predicted octanol–water partition coefficient (Wildman–Crippen LogP) is 1.92. The van der Waals surface area contributed by atoms with Crippen LogP contribution in [0.4, 0.5) is 0 Å². The van der Waals surface area contributed by atoms with E-state index in [9.17, 15) is 4.79 Å². The summed E-state index contributed by atoms with van der Waals surface area (Å²) in [7, 11) is 1.62. The average molecular weight is 332 g/mol. The third kappa shape index (κ3) is 5.66. The number of hydrogen-bond donors (Lipinski definition) is 2. The Morgan fingerprint density at radius 2 is 2.04 bits per heavy atom. The van der Waals surface area contributed by atoms with Gasteiger partial charge in [0, 0.05) is 24.9 Å². The lowest BCUT2D eigenvalue weighted by atomic mass is 10.2. The lowest BCUT2D eigenvalue weighted by Gasteiger charge is -2.03. The van der Waals surface area contributed by atoms with Crippen LogP contribution in [0.5, 0.6) is 5.75 Å². The van der Waals surface area contributed by atoms with Crippen molar-refractivity contribution in [3.8, 4) is 17.1 Å². The van der Waals surface area contributed by atoms with Gasteiger partial charge in [-0.3, -0.25) is 4.79 Å². The van der Waals surface area contributed by atoms with Crippen molar-refractivity contribution in [3.05, 3.63) is 30.2 Å². The van der Waals surface area contributed by atoms with Crippen molar-refractivity contribution >= 4 is 5.91 Å². The monoisotopic (exact) mass is 332 g/mol. The summed E-state index contributed by atoms with van der Waals surface area (Å²) in [5, 5.41) is 6.84. The van der Waals surface area contributed by atoms with Gasteiger partial charge in [0.2, 0.25) is 17.6 Å². The smallest absolute Gasteiger partial charge is 0.226 e. The molecule has 0 unspecified atom stereocenters. The Balaban J connectivity index is 1.74. The van der Waals surface area contributed by atoms with Crippen molar-refractivity contribution in [2.24, 2.45) is 5.73 Å². The molecule has 0 saturated carbocycles. The number of ether oxygens (including phenoxy) is 1. The highest BCUT2D eigenvalue weighted by atomic mass is 16.5. The Morgan fingerprint density at radius 3 is 2.75 bits per heavy atom. The molecule has 7 nitrogen and oxygen atoms in total. The summed E-state index contributed by atoms with van der Waals surface area (Å²) in [6.07, 6.45) is 3.54. The number of aromatic nitrogens is 2. The van der Waals surface area contributed by atoms with Crippen molar-refractivity contribution in [1.29, 1.82) is 0 Å². The zero-order chi connectivity index (χ0) is 17.2. The lowest BCUT2D eigenvalue weighted by molar-refractivity contribution is -0.121. The summed E-state index contributed by atoms with van der Waals surface area (Å²) in [5.74, 6) is 1.90. The summed E-state index contributed by atoms with van der Waals surface area (Å²) >= 11 is 0. The standard InChI is InChI=1S/C17H24N4O3/c1-23-14-9-7-13(8-10-14)17-20-16(24-21-17)6-4-5-15(22)19-12-3-2-11-18/h7-10H,2-6,11-12,18H2,1H3,(H,19,22). The molecule has 3 N–H and O–H groups in total. The molecule has 0 fully saturated rings. The van der Waals surface area contributed by atoms with Crippen LogP contribution >= 0.6 is 0 Å². The maximum absolute atomic E-state index is 11.7. The summed E-state index contributed by atoms with van der Waals surface area (Å²) in [4.78, 5) is 16.0. The first kappa shape index (κ1) is 17.9. The molecule has 0 aliphatic rings. The summed E-state index contributed by atoms with van der Waals surface area (Å²) in [6.45, 7) is 1.34. The number of unbranched alkanes of at least 4 members (excludes halogenated alkanes) is 1. The molecule has 0 radical (unpaired) electrons. The number of hydrogen-bond acceptors (Lipinski definition) is 6. The number of rotatable bonds is 10. The van der Waals surface area contributed by atoms with E-state index < -0.39 is 0 Å². The first-order chi connectivity index (χ1) is 11.7. The number of benzene rings is 1. The van der Waals surface area contributed by atoms with Crippen LogP contribution in [0, 0.1) is 0 Å². The molecule has 0 aliphatic carbocycles. The van der Waals surface area contributed by atoms with Crippen molar-refractivity contribution in [2.45, 2.75) is 32.1 Å². The van der Waals surface area contributed by atoms with E-state index in [0.717, 1.165) is 24.2 Å². The molecule has 2 rings (SSSR count). The number of aryl methyl sites for hydroxylation is 1. The van der Waals surface area contributed by atoms with Crippen LogP contribution in [-0.2, 0) is 11.2 Å². The number of nitrogens with one attached hydrogen (secondary N) is 1. The minimum absolute atomic E-state index is 0.0434. The normalized spacial score (nSPS) is 10.6. The highest BCUT2D eigenvalue weighted by Crippen LogP contribution is 2.20. The van der Waals surface area contributed by atoms with E-state index in [1.165, 1.54) is 0 Å². The zero-order valence-corrected chi connectivity index (χ0v) is 14.0.